The molecule has 0 aliphatic heterocycles. The zero-order valence-corrected chi connectivity index (χ0v) is 15.0. The predicted molar refractivity (Wildman–Crippen MR) is 96.7 cm³/mol. The minimum atomic E-state index is -3.79. The first-order valence-electron chi connectivity index (χ1n) is 8.52. The molecular formula is C19H22N2O3S. The minimum Gasteiger partial charge on any atom is -0.273 e. The summed E-state index contributed by atoms with van der Waals surface area (Å²) >= 11 is 0. The van der Waals surface area contributed by atoms with E-state index in [4.69, 9.17) is 0 Å². The highest BCUT2D eigenvalue weighted by Gasteiger charge is 2.18. The van der Waals surface area contributed by atoms with Crippen LogP contribution in [0.15, 0.2) is 47.4 Å². The third-order valence-electron chi connectivity index (χ3n) is 4.55. The molecule has 132 valence electrons. The lowest BCUT2D eigenvalue weighted by Crippen LogP contribution is -2.41. The Morgan fingerprint density at radius 3 is 2.36 bits per heavy atom. The van der Waals surface area contributed by atoms with E-state index in [2.05, 4.69) is 10.3 Å². The molecule has 25 heavy (non-hydrogen) atoms. The molecule has 0 radical (unpaired) electrons. The molecule has 0 saturated heterocycles. The number of hydrogen-bond donors (Lipinski definition) is 2. The van der Waals surface area contributed by atoms with Crippen molar-refractivity contribution in [3.63, 3.8) is 0 Å². The van der Waals surface area contributed by atoms with E-state index in [1.807, 2.05) is 25.1 Å². The highest BCUT2D eigenvalue weighted by molar-refractivity contribution is 7.89. The number of carbonyl (C=O) groups excluding carboxylic acids is 1. The maximum Gasteiger partial charge on any atom is 0.266 e. The molecule has 0 aromatic heterocycles. The molecule has 2 aromatic carbocycles. The van der Waals surface area contributed by atoms with Gasteiger partial charge < -0.3 is 0 Å². The van der Waals surface area contributed by atoms with Crippen LogP contribution in [0.2, 0.25) is 0 Å². The van der Waals surface area contributed by atoms with Crippen molar-refractivity contribution in [1.29, 1.82) is 0 Å². The van der Waals surface area contributed by atoms with Gasteiger partial charge >= 0.3 is 0 Å². The molecule has 0 fully saturated rings. The number of rotatable bonds is 5. The first-order chi connectivity index (χ1) is 12.0. The van der Waals surface area contributed by atoms with Crippen molar-refractivity contribution in [2.45, 2.75) is 43.9 Å². The molecule has 1 aliphatic carbocycles. The van der Waals surface area contributed by atoms with Crippen LogP contribution in [0, 0.1) is 0 Å². The molecule has 1 aliphatic rings. The lowest BCUT2D eigenvalue weighted by Gasteiger charge is -2.17. The maximum absolute atomic E-state index is 12.4. The van der Waals surface area contributed by atoms with E-state index in [9.17, 15) is 13.2 Å². The summed E-state index contributed by atoms with van der Waals surface area (Å²) in [5.41, 5.74) is 6.10. The number of aryl methyl sites for hydroxylation is 3. The van der Waals surface area contributed by atoms with Crippen LogP contribution in [-0.4, -0.2) is 14.3 Å². The van der Waals surface area contributed by atoms with E-state index >= 15 is 0 Å². The summed E-state index contributed by atoms with van der Waals surface area (Å²) < 4.78 is 24.9. The Balaban J connectivity index is 1.69. The van der Waals surface area contributed by atoms with Gasteiger partial charge in [-0.1, -0.05) is 25.1 Å². The van der Waals surface area contributed by atoms with Crippen molar-refractivity contribution < 1.29 is 13.2 Å². The number of hydrazine groups is 1. The molecule has 0 saturated carbocycles. The molecule has 0 unspecified atom stereocenters. The molecule has 3 rings (SSSR count). The smallest absolute Gasteiger partial charge is 0.266 e. The monoisotopic (exact) mass is 358 g/mol. The van der Waals surface area contributed by atoms with E-state index in [1.165, 1.54) is 5.56 Å². The molecule has 2 N–H and O–H groups in total. The Kier molecular flexibility index (Phi) is 5.20. The number of amides is 1. The first kappa shape index (κ1) is 17.6. The lowest BCUT2D eigenvalue weighted by atomic mass is 9.92. The Morgan fingerprint density at radius 1 is 1.00 bits per heavy atom. The fourth-order valence-electron chi connectivity index (χ4n) is 3.01. The summed E-state index contributed by atoms with van der Waals surface area (Å²) in [7, 11) is -3.79. The van der Waals surface area contributed by atoms with Gasteiger partial charge in [0.1, 0.15) is 0 Å². The topological polar surface area (TPSA) is 75.3 Å². The van der Waals surface area contributed by atoms with Gasteiger partial charge in [-0.05, 0) is 73.1 Å². The first-order valence-corrected chi connectivity index (χ1v) is 10.0. The zero-order valence-electron chi connectivity index (χ0n) is 14.2. The van der Waals surface area contributed by atoms with E-state index in [0.717, 1.165) is 43.2 Å². The Morgan fingerprint density at radius 2 is 1.68 bits per heavy atom. The van der Waals surface area contributed by atoms with Gasteiger partial charge in [0.2, 0.25) is 0 Å². The largest absolute Gasteiger partial charge is 0.273 e. The van der Waals surface area contributed by atoms with Crippen LogP contribution >= 0.6 is 0 Å². The van der Waals surface area contributed by atoms with Crippen molar-refractivity contribution in [1.82, 2.24) is 10.3 Å². The molecule has 0 heterocycles. The summed E-state index contributed by atoms with van der Waals surface area (Å²) in [4.78, 5) is 14.5. The fourth-order valence-corrected chi connectivity index (χ4v) is 3.90. The van der Waals surface area contributed by atoms with Crippen molar-refractivity contribution in [2.24, 2.45) is 0 Å². The molecule has 0 spiro atoms. The average Bonchev–Trinajstić information content (AvgIpc) is 2.66. The highest BCUT2D eigenvalue weighted by atomic mass is 32.2. The van der Waals surface area contributed by atoms with Crippen LogP contribution in [0.3, 0.4) is 0 Å². The van der Waals surface area contributed by atoms with E-state index < -0.39 is 15.9 Å². The minimum absolute atomic E-state index is 0.176. The van der Waals surface area contributed by atoms with Crippen LogP contribution in [-0.2, 0) is 29.3 Å². The van der Waals surface area contributed by atoms with Gasteiger partial charge in [-0.3, -0.25) is 10.2 Å². The van der Waals surface area contributed by atoms with Crippen LogP contribution in [0.1, 0.15) is 46.8 Å². The van der Waals surface area contributed by atoms with Gasteiger partial charge in [0, 0.05) is 5.56 Å². The second kappa shape index (κ2) is 7.37. The summed E-state index contributed by atoms with van der Waals surface area (Å²) in [6, 6.07) is 12.2. The summed E-state index contributed by atoms with van der Waals surface area (Å²) in [6.07, 6.45) is 4.99. The van der Waals surface area contributed by atoms with Crippen molar-refractivity contribution in [3.8, 4) is 0 Å². The lowest BCUT2D eigenvalue weighted by molar-refractivity contribution is 0.0945. The zero-order chi connectivity index (χ0) is 17.9. The highest BCUT2D eigenvalue weighted by Crippen LogP contribution is 2.23. The Labute approximate surface area is 148 Å². The Bertz CT molecular complexity index is 874. The van der Waals surface area contributed by atoms with Gasteiger partial charge in [0.25, 0.3) is 15.9 Å². The summed E-state index contributed by atoms with van der Waals surface area (Å²) in [5.74, 6) is -0.482. The van der Waals surface area contributed by atoms with Gasteiger partial charge in [-0.2, -0.15) is 0 Å². The normalized spacial score (nSPS) is 14.0. The van der Waals surface area contributed by atoms with Crippen molar-refractivity contribution in [3.05, 3.63) is 64.7 Å². The van der Waals surface area contributed by atoms with Crippen LogP contribution < -0.4 is 10.3 Å². The maximum atomic E-state index is 12.4. The standard InChI is InChI=1S/C19H22N2O3S/c1-2-14-7-9-16(10-8-14)19(22)20-21-25(23,24)18-12-11-15-5-3-4-6-17(15)13-18/h7-13,21H,2-6H2,1H3,(H,20,22). The fraction of sp³-hybridized carbons (Fsp3) is 0.316. The quantitative estimate of drug-likeness (QED) is 0.807. The van der Waals surface area contributed by atoms with Crippen LogP contribution in [0.5, 0.6) is 0 Å². The number of benzene rings is 2. The summed E-state index contributed by atoms with van der Waals surface area (Å²) in [6.45, 7) is 2.03. The average molecular weight is 358 g/mol. The SMILES string of the molecule is CCc1ccc(C(=O)NNS(=O)(=O)c2ccc3c(c2)CCCC3)cc1. The molecule has 5 nitrogen and oxygen atoms in total. The third kappa shape index (κ3) is 4.08. The molecule has 2 aromatic rings. The Hall–Kier alpha value is -2.18. The van der Waals surface area contributed by atoms with Gasteiger partial charge in [0.15, 0.2) is 0 Å². The molecule has 0 bridgehead atoms. The second-order valence-electron chi connectivity index (χ2n) is 6.25. The van der Waals surface area contributed by atoms with E-state index in [0.29, 0.717) is 5.56 Å². The van der Waals surface area contributed by atoms with Crippen molar-refractivity contribution >= 4 is 15.9 Å². The number of carbonyl (C=O) groups is 1. The van der Waals surface area contributed by atoms with E-state index in [-0.39, 0.29) is 4.90 Å². The second-order valence-corrected chi connectivity index (χ2v) is 7.93. The number of hydrogen-bond acceptors (Lipinski definition) is 3. The number of sulfonamides is 1. The van der Waals surface area contributed by atoms with Gasteiger partial charge in [-0.15, -0.1) is 4.83 Å². The third-order valence-corrected chi connectivity index (χ3v) is 5.80. The van der Waals surface area contributed by atoms with Crippen LogP contribution in [0.4, 0.5) is 0 Å². The molecule has 1 amide bonds. The van der Waals surface area contributed by atoms with Crippen molar-refractivity contribution in [2.75, 3.05) is 0 Å². The van der Waals surface area contributed by atoms with Gasteiger partial charge in [-0.25, -0.2) is 8.42 Å². The molecular weight excluding hydrogens is 336 g/mol. The molecule has 0 atom stereocenters. The van der Waals surface area contributed by atoms with Gasteiger partial charge in [0.05, 0.1) is 4.90 Å². The number of fused-ring (bicyclic) bond motifs is 1. The van der Waals surface area contributed by atoms with E-state index in [1.54, 1.807) is 24.3 Å². The predicted octanol–water partition coefficient (Wildman–Crippen LogP) is 2.75. The number of nitrogens with one attached hydrogen (secondary N) is 2. The summed E-state index contributed by atoms with van der Waals surface area (Å²) in [5, 5.41) is 0. The molecule has 6 heteroatoms. The van der Waals surface area contributed by atoms with Crippen LogP contribution in [0.25, 0.3) is 0 Å².